The van der Waals surface area contributed by atoms with Crippen LogP contribution < -0.4 is 11.1 Å². The first-order valence-corrected chi connectivity index (χ1v) is 8.48. The zero-order valence-electron chi connectivity index (χ0n) is 13.7. The fraction of sp³-hybridized carbons (Fsp3) is 0.938. The van der Waals surface area contributed by atoms with Crippen LogP contribution in [0.5, 0.6) is 0 Å². The van der Waals surface area contributed by atoms with Crippen molar-refractivity contribution in [2.45, 2.75) is 57.0 Å². The van der Waals surface area contributed by atoms with Gasteiger partial charge in [-0.05, 0) is 72.1 Å². The van der Waals surface area contributed by atoms with Crippen LogP contribution in [0.25, 0.3) is 0 Å². The van der Waals surface area contributed by atoms with E-state index in [1.165, 1.54) is 45.4 Å². The van der Waals surface area contributed by atoms with Crippen LogP contribution >= 0.6 is 0 Å². The van der Waals surface area contributed by atoms with Crippen LogP contribution in [0.4, 0.5) is 0 Å². The highest BCUT2D eigenvalue weighted by atomic mass is 16.1. The number of nitrogens with two attached hydrogens (primary N) is 1. The highest BCUT2D eigenvalue weighted by Crippen LogP contribution is 2.25. The van der Waals surface area contributed by atoms with E-state index >= 15 is 0 Å². The van der Waals surface area contributed by atoms with Gasteiger partial charge in [0, 0.05) is 19.1 Å². The highest BCUT2D eigenvalue weighted by Gasteiger charge is 2.36. The molecule has 5 nitrogen and oxygen atoms in total. The van der Waals surface area contributed by atoms with E-state index in [-0.39, 0.29) is 5.91 Å². The van der Waals surface area contributed by atoms with Gasteiger partial charge in [0.1, 0.15) is 0 Å². The van der Waals surface area contributed by atoms with Gasteiger partial charge in [-0.15, -0.1) is 0 Å². The average Bonchev–Trinajstić information content (AvgIpc) is 3.24. The standard InChI is InChI=1S/C16H32N4O/c1-16(15(17)21,18-14-6-7-14)8-3-4-10-20-11-5-9-19(2)12-13-20/h14,18H,3-13H2,1-2H3,(H2,17,21). The van der Waals surface area contributed by atoms with Gasteiger partial charge in [-0.1, -0.05) is 0 Å². The summed E-state index contributed by atoms with van der Waals surface area (Å²) in [7, 11) is 2.20. The van der Waals surface area contributed by atoms with Gasteiger partial charge >= 0.3 is 0 Å². The molecule has 1 heterocycles. The molecule has 1 unspecified atom stereocenters. The van der Waals surface area contributed by atoms with Gasteiger partial charge in [0.15, 0.2) is 0 Å². The number of amides is 1. The van der Waals surface area contributed by atoms with Crippen LogP contribution in [0, 0.1) is 0 Å². The summed E-state index contributed by atoms with van der Waals surface area (Å²) in [5, 5.41) is 3.43. The SMILES string of the molecule is CN1CCCN(CCCCC(C)(NC2CC2)C(N)=O)CC1. The molecule has 21 heavy (non-hydrogen) atoms. The van der Waals surface area contributed by atoms with Crippen LogP contribution in [-0.4, -0.2) is 67.1 Å². The molecule has 0 aromatic rings. The van der Waals surface area contributed by atoms with Crippen molar-refractivity contribution in [2.24, 2.45) is 5.73 Å². The molecule has 1 saturated carbocycles. The number of hydrogen-bond donors (Lipinski definition) is 2. The zero-order chi connectivity index (χ0) is 15.3. The molecule has 2 aliphatic rings. The van der Waals surface area contributed by atoms with E-state index < -0.39 is 5.54 Å². The van der Waals surface area contributed by atoms with Crippen molar-refractivity contribution in [2.75, 3.05) is 39.8 Å². The van der Waals surface area contributed by atoms with Crippen molar-refractivity contribution in [1.82, 2.24) is 15.1 Å². The van der Waals surface area contributed by atoms with Crippen LogP contribution in [0.3, 0.4) is 0 Å². The Morgan fingerprint density at radius 2 is 2.00 bits per heavy atom. The molecule has 2 rings (SSSR count). The van der Waals surface area contributed by atoms with E-state index in [4.69, 9.17) is 5.73 Å². The summed E-state index contributed by atoms with van der Waals surface area (Å²) in [6, 6.07) is 0.517. The molecule has 0 spiro atoms. The van der Waals surface area contributed by atoms with Crippen molar-refractivity contribution in [3.63, 3.8) is 0 Å². The minimum absolute atomic E-state index is 0.203. The smallest absolute Gasteiger partial charge is 0.237 e. The molecule has 1 aliphatic carbocycles. The number of likely N-dealkylation sites (N-methyl/N-ethyl adjacent to an activating group) is 1. The van der Waals surface area contributed by atoms with E-state index in [9.17, 15) is 4.79 Å². The number of nitrogens with zero attached hydrogens (tertiary/aromatic N) is 2. The Hall–Kier alpha value is -0.650. The second kappa shape index (κ2) is 7.56. The Morgan fingerprint density at radius 1 is 1.24 bits per heavy atom. The van der Waals surface area contributed by atoms with Crippen molar-refractivity contribution >= 4 is 5.91 Å². The molecule has 0 aromatic heterocycles. The van der Waals surface area contributed by atoms with E-state index in [1.54, 1.807) is 0 Å². The molecule has 0 radical (unpaired) electrons. The zero-order valence-corrected chi connectivity index (χ0v) is 13.7. The number of rotatable bonds is 8. The van der Waals surface area contributed by atoms with Gasteiger partial charge in [0.2, 0.25) is 5.91 Å². The number of primary amides is 1. The Morgan fingerprint density at radius 3 is 2.67 bits per heavy atom. The van der Waals surface area contributed by atoms with Crippen molar-refractivity contribution in [3.05, 3.63) is 0 Å². The van der Waals surface area contributed by atoms with Crippen LogP contribution in [0.2, 0.25) is 0 Å². The average molecular weight is 296 g/mol. The molecule has 0 bridgehead atoms. The van der Waals surface area contributed by atoms with Crippen molar-refractivity contribution in [1.29, 1.82) is 0 Å². The first-order chi connectivity index (χ1) is 9.99. The summed E-state index contributed by atoms with van der Waals surface area (Å²) in [5.74, 6) is -0.203. The maximum absolute atomic E-state index is 11.7. The molecular weight excluding hydrogens is 264 g/mol. The Kier molecular flexibility index (Phi) is 6.02. The minimum Gasteiger partial charge on any atom is -0.368 e. The predicted molar refractivity (Wildman–Crippen MR) is 86.2 cm³/mol. The van der Waals surface area contributed by atoms with Gasteiger partial charge in [0.05, 0.1) is 5.54 Å². The largest absolute Gasteiger partial charge is 0.368 e. The van der Waals surface area contributed by atoms with Crippen LogP contribution in [0.1, 0.15) is 45.4 Å². The first kappa shape index (κ1) is 16.7. The second-order valence-corrected chi connectivity index (χ2v) is 7.07. The molecule has 1 aliphatic heterocycles. The third kappa shape index (κ3) is 5.57. The lowest BCUT2D eigenvalue weighted by Crippen LogP contribution is -2.54. The molecule has 2 fully saturated rings. The Bertz CT molecular complexity index is 345. The van der Waals surface area contributed by atoms with Gasteiger partial charge < -0.3 is 20.9 Å². The van der Waals surface area contributed by atoms with E-state index in [2.05, 4.69) is 22.2 Å². The number of carbonyl (C=O) groups is 1. The Balaban J connectivity index is 1.66. The lowest BCUT2D eigenvalue weighted by atomic mass is 9.93. The lowest BCUT2D eigenvalue weighted by molar-refractivity contribution is -0.124. The summed E-state index contributed by atoms with van der Waals surface area (Å²) in [6.07, 6.45) is 6.70. The molecule has 1 saturated heterocycles. The maximum atomic E-state index is 11.7. The Labute approximate surface area is 129 Å². The van der Waals surface area contributed by atoms with Gasteiger partial charge in [0.25, 0.3) is 0 Å². The van der Waals surface area contributed by atoms with Crippen molar-refractivity contribution < 1.29 is 4.79 Å². The molecule has 1 atom stereocenters. The molecule has 5 heteroatoms. The topological polar surface area (TPSA) is 61.6 Å². The third-order valence-corrected chi connectivity index (χ3v) is 4.86. The van der Waals surface area contributed by atoms with E-state index in [0.717, 1.165) is 25.8 Å². The van der Waals surface area contributed by atoms with Gasteiger partial charge in [-0.25, -0.2) is 0 Å². The highest BCUT2D eigenvalue weighted by molar-refractivity contribution is 5.84. The van der Waals surface area contributed by atoms with E-state index in [0.29, 0.717) is 6.04 Å². The van der Waals surface area contributed by atoms with Gasteiger partial charge in [-0.3, -0.25) is 4.79 Å². The first-order valence-electron chi connectivity index (χ1n) is 8.48. The van der Waals surface area contributed by atoms with E-state index in [1.807, 2.05) is 6.92 Å². The molecule has 122 valence electrons. The maximum Gasteiger partial charge on any atom is 0.237 e. The van der Waals surface area contributed by atoms with Crippen LogP contribution in [-0.2, 0) is 4.79 Å². The normalized spacial score (nSPS) is 24.5. The number of unbranched alkanes of at least 4 members (excludes halogenated alkanes) is 1. The summed E-state index contributed by atoms with van der Waals surface area (Å²) in [6.45, 7) is 7.87. The lowest BCUT2D eigenvalue weighted by Gasteiger charge is -2.28. The van der Waals surface area contributed by atoms with Crippen molar-refractivity contribution in [3.8, 4) is 0 Å². The molecule has 0 aromatic carbocycles. The summed E-state index contributed by atoms with van der Waals surface area (Å²) >= 11 is 0. The summed E-state index contributed by atoms with van der Waals surface area (Å²) in [5.41, 5.74) is 5.08. The number of nitrogens with one attached hydrogen (secondary N) is 1. The quantitative estimate of drug-likeness (QED) is 0.650. The summed E-state index contributed by atoms with van der Waals surface area (Å²) in [4.78, 5) is 16.7. The number of carbonyl (C=O) groups excluding carboxylic acids is 1. The minimum atomic E-state index is -0.514. The number of hydrogen-bond acceptors (Lipinski definition) is 4. The predicted octanol–water partition coefficient (Wildman–Crippen LogP) is 0.790. The molecular formula is C16H32N4O. The fourth-order valence-electron chi connectivity index (χ4n) is 3.08. The molecule has 3 N–H and O–H groups in total. The fourth-order valence-corrected chi connectivity index (χ4v) is 3.08. The van der Waals surface area contributed by atoms with Crippen LogP contribution in [0.15, 0.2) is 0 Å². The third-order valence-electron chi connectivity index (χ3n) is 4.86. The summed E-state index contributed by atoms with van der Waals surface area (Å²) < 4.78 is 0. The second-order valence-electron chi connectivity index (χ2n) is 7.07. The monoisotopic (exact) mass is 296 g/mol. The molecule has 1 amide bonds. The van der Waals surface area contributed by atoms with Gasteiger partial charge in [-0.2, -0.15) is 0 Å².